The highest BCUT2D eigenvalue weighted by molar-refractivity contribution is 6.11. The molecule has 0 radical (unpaired) electrons. The molecule has 0 N–H and O–H groups in total. The molecule has 2 heterocycles. The topological polar surface area (TPSA) is 49.4 Å². The number of methoxy groups -OCH3 is 3. The summed E-state index contributed by atoms with van der Waals surface area (Å²) in [7, 11) is 5.27. The van der Waals surface area contributed by atoms with Gasteiger partial charge in [-0.2, -0.15) is 0 Å². The van der Waals surface area contributed by atoms with Gasteiger partial charge in [-0.05, 0) is 118 Å². The number of hydrogen-bond donors (Lipinski definition) is 0. The van der Waals surface area contributed by atoms with E-state index in [-0.39, 0.29) is 16.2 Å². The number of ether oxygens (including phenoxy) is 5. The molecule has 2 aliphatic heterocycles. The van der Waals surface area contributed by atoms with Crippen LogP contribution in [0.1, 0.15) is 74.8 Å². The Kier molecular flexibility index (Phi) is 9.10. The van der Waals surface area contributed by atoms with Crippen molar-refractivity contribution >= 4 is 22.5 Å². The summed E-state index contributed by atoms with van der Waals surface area (Å²) in [5.74, 6) is 3.37. The van der Waals surface area contributed by atoms with Crippen LogP contribution in [-0.4, -0.2) is 47.6 Å². The molecule has 1 unspecified atom stereocenters. The number of fused-ring (bicyclic) bond motifs is 10. The van der Waals surface area contributed by atoms with Crippen LogP contribution in [0.25, 0.3) is 39.1 Å². The molecule has 4 aliphatic rings. The Morgan fingerprint density at radius 2 is 1.27 bits per heavy atom. The fraction of sp³-hybridized carbons (Fsp3) is 0.333. The average Bonchev–Trinajstić information content (AvgIpc) is 3.52. The first-order valence-electron chi connectivity index (χ1n) is 21.4. The summed E-state index contributed by atoms with van der Waals surface area (Å²) >= 11 is 0. The van der Waals surface area contributed by atoms with Crippen molar-refractivity contribution in [1.82, 2.24) is 0 Å². The van der Waals surface area contributed by atoms with Crippen molar-refractivity contribution in [3.63, 3.8) is 0 Å². The van der Waals surface area contributed by atoms with Crippen molar-refractivity contribution in [1.29, 1.82) is 0 Å². The summed E-state index contributed by atoms with van der Waals surface area (Å²) in [4.78, 5) is 2.40. The largest absolute Gasteiger partial charge is 0.497 e. The van der Waals surface area contributed by atoms with E-state index in [0.717, 1.165) is 107 Å². The zero-order valence-electron chi connectivity index (χ0n) is 36.0. The second kappa shape index (κ2) is 14.2. The fourth-order valence-electron chi connectivity index (χ4n) is 11.9. The van der Waals surface area contributed by atoms with Gasteiger partial charge in [0.25, 0.3) is 0 Å². The van der Waals surface area contributed by atoms with Gasteiger partial charge in [0.15, 0.2) is 5.60 Å². The highest BCUT2D eigenvalue weighted by Gasteiger charge is 2.56. The molecule has 1 spiro atoms. The van der Waals surface area contributed by atoms with Gasteiger partial charge in [0.05, 0.1) is 34.5 Å². The molecule has 2 fully saturated rings. The van der Waals surface area contributed by atoms with Crippen LogP contribution in [0.15, 0.2) is 115 Å². The number of benzene rings is 6. The lowest BCUT2D eigenvalue weighted by atomic mass is 9.52. The summed E-state index contributed by atoms with van der Waals surface area (Å²) in [6.07, 6.45) is 7.86. The van der Waals surface area contributed by atoms with Gasteiger partial charge in [0, 0.05) is 51.8 Å². The lowest BCUT2D eigenvalue weighted by Gasteiger charge is -2.52. The van der Waals surface area contributed by atoms with Crippen LogP contribution in [0.4, 0.5) is 5.69 Å². The number of hydrogen-bond acceptors (Lipinski definition) is 6. The second-order valence-corrected chi connectivity index (χ2v) is 18.9. The van der Waals surface area contributed by atoms with E-state index in [1.54, 1.807) is 21.3 Å². The second-order valence-electron chi connectivity index (χ2n) is 18.9. The molecule has 10 rings (SSSR count). The van der Waals surface area contributed by atoms with E-state index in [2.05, 4.69) is 142 Å². The number of rotatable bonds is 7. The first-order chi connectivity index (χ1) is 29.0. The quantitative estimate of drug-likeness (QED) is 0.160. The highest BCUT2D eigenvalue weighted by Crippen LogP contribution is 2.67. The fourth-order valence-corrected chi connectivity index (χ4v) is 11.9. The standard InChI is InChI=1S/C54H55NO5/c1-51(2)32-52(3,4)34-53(33-51)46-29-40(57-6)21-22-41(46)48-44-30-43(35-11-9-8-10-12-35)47(58-7)31-45(44)50-42(49(48)53)23-24-54(60-50,37-15-19-39(56-5)20-16-37)36-13-17-38(18-14-36)55-25-27-59-28-26-55/h8-24,29-31H,25-28,32-34H2,1-7H3. The summed E-state index contributed by atoms with van der Waals surface area (Å²) in [6, 6.07) is 39.3. The Morgan fingerprint density at radius 3 is 1.92 bits per heavy atom. The van der Waals surface area contributed by atoms with E-state index >= 15 is 0 Å². The van der Waals surface area contributed by atoms with Gasteiger partial charge >= 0.3 is 0 Å². The van der Waals surface area contributed by atoms with Crippen molar-refractivity contribution in [3.8, 4) is 45.3 Å². The first-order valence-corrected chi connectivity index (χ1v) is 21.4. The Hall–Kier alpha value is -5.72. The third-order valence-electron chi connectivity index (χ3n) is 13.6. The van der Waals surface area contributed by atoms with Gasteiger partial charge in [-0.25, -0.2) is 0 Å². The molecule has 6 nitrogen and oxygen atoms in total. The van der Waals surface area contributed by atoms with Gasteiger partial charge in [0.1, 0.15) is 23.0 Å². The average molecular weight is 798 g/mol. The lowest BCUT2D eigenvalue weighted by Crippen LogP contribution is -2.44. The van der Waals surface area contributed by atoms with Crippen molar-refractivity contribution in [2.45, 2.75) is 58.0 Å². The summed E-state index contributed by atoms with van der Waals surface area (Å²) in [5, 5.41) is 2.19. The van der Waals surface area contributed by atoms with Crippen LogP contribution in [0.5, 0.6) is 23.0 Å². The molecule has 60 heavy (non-hydrogen) atoms. The Bertz CT molecular complexity index is 2620. The van der Waals surface area contributed by atoms with Gasteiger partial charge in [0.2, 0.25) is 0 Å². The van der Waals surface area contributed by atoms with Gasteiger partial charge < -0.3 is 28.6 Å². The Morgan fingerprint density at radius 1 is 0.617 bits per heavy atom. The Labute approximate surface area is 354 Å². The first kappa shape index (κ1) is 38.5. The van der Waals surface area contributed by atoms with Crippen LogP contribution in [0.2, 0.25) is 0 Å². The lowest BCUT2D eigenvalue weighted by molar-refractivity contribution is 0.0641. The molecule has 6 aromatic rings. The van der Waals surface area contributed by atoms with E-state index in [0.29, 0.717) is 0 Å². The zero-order chi connectivity index (χ0) is 41.4. The normalized spacial score (nSPS) is 20.6. The van der Waals surface area contributed by atoms with Gasteiger partial charge in [-0.3, -0.25) is 0 Å². The Balaban J connectivity index is 1.29. The monoisotopic (exact) mass is 797 g/mol. The minimum absolute atomic E-state index is 0.0783. The molecular weight excluding hydrogens is 743 g/mol. The van der Waals surface area contributed by atoms with Crippen molar-refractivity contribution in [2.75, 3.05) is 52.5 Å². The van der Waals surface area contributed by atoms with Crippen LogP contribution in [0.3, 0.4) is 0 Å². The molecular formula is C54H55NO5. The van der Waals surface area contributed by atoms with E-state index in [1.165, 1.54) is 27.9 Å². The number of nitrogens with zero attached hydrogens (tertiary/aromatic N) is 1. The molecule has 0 bridgehead atoms. The van der Waals surface area contributed by atoms with Crippen LogP contribution in [-0.2, 0) is 15.8 Å². The smallest absolute Gasteiger partial charge is 0.178 e. The summed E-state index contributed by atoms with van der Waals surface area (Å²) in [6.45, 7) is 13.1. The number of morpholine rings is 1. The molecule has 1 saturated heterocycles. The molecule has 0 amide bonds. The van der Waals surface area contributed by atoms with Gasteiger partial charge in [-0.1, -0.05) is 94.4 Å². The minimum atomic E-state index is -0.942. The SMILES string of the molecule is COc1ccc(C2(c3ccc(N4CCOCC4)cc3)C=Cc3c4c(c5cc(-c6ccccc6)c(OC)cc5c3O2)-c2ccc(OC)cc2C42CC(C)(C)CC(C)(C)C2)cc1. The molecule has 1 atom stereocenters. The maximum absolute atomic E-state index is 7.87. The summed E-state index contributed by atoms with van der Waals surface area (Å²) in [5.41, 5.74) is 10.8. The zero-order valence-corrected chi connectivity index (χ0v) is 36.0. The molecule has 6 aromatic carbocycles. The minimum Gasteiger partial charge on any atom is -0.497 e. The van der Waals surface area contributed by atoms with E-state index in [9.17, 15) is 0 Å². The maximum Gasteiger partial charge on any atom is 0.178 e. The van der Waals surface area contributed by atoms with E-state index in [1.807, 2.05) is 12.1 Å². The summed E-state index contributed by atoms with van der Waals surface area (Å²) < 4.78 is 31.5. The third kappa shape index (κ3) is 6.09. The molecule has 0 aromatic heterocycles. The highest BCUT2D eigenvalue weighted by atomic mass is 16.5. The predicted octanol–water partition coefficient (Wildman–Crippen LogP) is 12.2. The van der Waals surface area contributed by atoms with Crippen LogP contribution < -0.4 is 23.8 Å². The maximum atomic E-state index is 7.87. The van der Waals surface area contributed by atoms with Crippen molar-refractivity contribution < 1.29 is 23.7 Å². The van der Waals surface area contributed by atoms with Crippen LogP contribution in [0, 0.1) is 10.8 Å². The van der Waals surface area contributed by atoms with Crippen molar-refractivity contribution in [3.05, 3.63) is 143 Å². The van der Waals surface area contributed by atoms with Crippen LogP contribution >= 0.6 is 0 Å². The predicted molar refractivity (Wildman–Crippen MR) is 243 cm³/mol. The van der Waals surface area contributed by atoms with Gasteiger partial charge in [-0.15, -0.1) is 0 Å². The van der Waals surface area contributed by atoms with E-state index < -0.39 is 5.60 Å². The molecule has 1 saturated carbocycles. The number of anilines is 1. The third-order valence-corrected chi connectivity index (χ3v) is 13.6. The van der Waals surface area contributed by atoms with E-state index in [4.69, 9.17) is 23.7 Å². The molecule has 306 valence electrons. The van der Waals surface area contributed by atoms with Crippen molar-refractivity contribution in [2.24, 2.45) is 10.8 Å². The molecule has 2 aliphatic carbocycles. The molecule has 6 heteroatoms.